The maximum Gasteiger partial charge on any atom is 0.257 e. The van der Waals surface area contributed by atoms with Gasteiger partial charge in [-0.1, -0.05) is 6.07 Å². The molecular formula is C18H20N4O3. The lowest BCUT2D eigenvalue weighted by molar-refractivity contribution is 0.0302. The number of carbonyl (C=O) groups is 2. The molecule has 130 valence electrons. The van der Waals surface area contributed by atoms with Gasteiger partial charge in [0.05, 0.1) is 30.7 Å². The third-order valence-corrected chi connectivity index (χ3v) is 4.15. The summed E-state index contributed by atoms with van der Waals surface area (Å²) in [7, 11) is 0. The fourth-order valence-electron chi connectivity index (χ4n) is 2.73. The van der Waals surface area contributed by atoms with Crippen LogP contribution >= 0.6 is 0 Å². The molecule has 1 aliphatic heterocycles. The van der Waals surface area contributed by atoms with Gasteiger partial charge in [-0.15, -0.1) is 0 Å². The van der Waals surface area contributed by atoms with Crippen LogP contribution in [0.5, 0.6) is 0 Å². The molecule has 0 atom stereocenters. The van der Waals surface area contributed by atoms with Crippen LogP contribution in [0.3, 0.4) is 0 Å². The first-order valence-corrected chi connectivity index (χ1v) is 8.13. The van der Waals surface area contributed by atoms with Crippen LogP contribution in [0.25, 0.3) is 0 Å². The summed E-state index contributed by atoms with van der Waals surface area (Å²) >= 11 is 0. The van der Waals surface area contributed by atoms with Crippen molar-refractivity contribution in [2.75, 3.05) is 31.6 Å². The molecule has 0 bridgehead atoms. The predicted molar refractivity (Wildman–Crippen MR) is 92.6 cm³/mol. The van der Waals surface area contributed by atoms with E-state index in [1.807, 2.05) is 6.92 Å². The van der Waals surface area contributed by atoms with Gasteiger partial charge in [-0.25, -0.2) is 0 Å². The summed E-state index contributed by atoms with van der Waals surface area (Å²) in [5.74, 6) is -0.324. The van der Waals surface area contributed by atoms with Crippen molar-refractivity contribution in [3.63, 3.8) is 0 Å². The molecule has 0 spiro atoms. The number of nitrogens with zero attached hydrogens (tertiary/aromatic N) is 3. The van der Waals surface area contributed by atoms with Gasteiger partial charge >= 0.3 is 0 Å². The van der Waals surface area contributed by atoms with E-state index in [4.69, 9.17) is 4.74 Å². The quantitative estimate of drug-likeness (QED) is 0.921. The highest BCUT2D eigenvalue weighted by molar-refractivity contribution is 6.06. The average Bonchev–Trinajstić information content (AvgIpc) is 2.63. The molecule has 0 aliphatic carbocycles. The SMILES string of the molecule is Cc1cc(C(=O)Nc2cccc(C(=O)N3CCOCC3)c2C)cnn1. The zero-order valence-electron chi connectivity index (χ0n) is 14.3. The van der Waals surface area contributed by atoms with Crippen molar-refractivity contribution in [3.8, 4) is 0 Å². The van der Waals surface area contributed by atoms with Crippen LogP contribution in [0.4, 0.5) is 5.69 Å². The summed E-state index contributed by atoms with van der Waals surface area (Å²) in [4.78, 5) is 26.9. The lowest BCUT2D eigenvalue weighted by atomic mass is 10.0. The van der Waals surface area contributed by atoms with E-state index in [-0.39, 0.29) is 11.8 Å². The van der Waals surface area contributed by atoms with Gasteiger partial charge in [0.15, 0.2) is 0 Å². The number of aryl methyl sites for hydroxylation is 1. The third-order valence-electron chi connectivity index (χ3n) is 4.15. The number of amides is 2. The number of morpholine rings is 1. The van der Waals surface area contributed by atoms with Crippen LogP contribution in [0, 0.1) is 13.8 Å². The molecule has 2 amide bonds. The van der Waals surface area contributed by atoms with Crippen molar-refractivity contribution in [2.24, 2.45) is 0 Å². The maximum absolute atomic E-state index is 12.7. The van der Waals surface area contributed by atoms with Crippen molar-refractivity contribution in [2.45, 2.75) is 13.8 Å². The molecular weight excluding hydrogens is 320 g/mol. The number of aromatic nitrogens is 2. The molecule has 0 radical (unpaired) electrons. The van der Waals surface area contributed by atoms with E-state index in [2.05, 4.69) is 15.5 Å². The van der Waals surface area contributed by atoms with Crippen molar-refractivity contribution in [3.05, 3.63) is 52.8 Å². The number of rotatable bonds is 3. The van der Waals surface area contributed by atoms with E-state index in [0.717, 1.165) is 5.56 Å². The van der Waals surface area contributed by atoms with Crippen molar-refractivity contribution < 1.29 is 14.3 Å². The molecule has 2 aromatic rings. The molecule has 1 aliphatic rings. The topological polar surface area (TPSA) is 84.4 Å². The Morgan fingerprint density at radius 3 is 2.68 bits per heavy atom. The molecule has 25 heavy (non-hydrogen) atoms. The van der Waals surface area contributed by atoms with Crippen molar-refractivity contribution >= 4 is 17.5 Å². The Balaban J connectivity index is 1.81. The van der Waals surface area contributed by atoms with Crippen LogP contribution < -0.4 is 5.32 Å². The first-order valence-electron chi connectivity index (χ1n) is 8.13. The van der Waals surface area contributed by atoms with Crippen LogP contribution in [0.15, 0.2) is 30.5 Å². The number of hydrogen-bond donors (Lipinski definition) is 1. The standard InChI is InChI=1S/C18H20N4O3/c1-12-10-14(11-19-21-12)17(23)20-16-5-3-4-15(13(16)2)18(24)22-6-8-25-9-7-22/h3-5,10-11H,6-9H2,1-2H3,(H,20,23). The second-order valence-electron chi connectivity index (χ2n) is 5.92. The Hall–Kier alpha value is -2.80. The van der Waals surface area contributed by atoms with Crippen molar-refractivity contribution in [1.82, 2.24) is 15.1 Å². The maximum atomic E-state index is 12.7. The smallest absolute Gasteiger partial charge is 0.257 e. The molecule has 7 heteroatoms. The van der Waals surface area contributed by atoms with Crippen molar-refractivity contribution in [1.29, 1.82) is 0 Å². The van der Waals surface area contributed by atoms with E-state index < -0.39 is 0 Å². The van der Waals surface area contributed by atoms with Gasteiger partial charge in [0.2, 0.25) is 0 Å². The van der Waals surface area contributed by atoms with E-state index >= 15 is 0 Å². The van der Waals surface area contributed by atoms with E-state index in [0.29, 0.717) is 48.8 Å². The lowest BCUT2D eigenvalue weighted by Crippen LogP contribution is -2.41. The molecule has 1 N–H and O–H groups in total. The van der Waals surface area contributed by atoms with E-state index in [1.165, 1.54) is 6.20 Å². The van der Waals surface area contributed by atoms with Gasteiger partial charge in [0, 0.05) is 24.3 Å². The largest absolute Gasteiger partial charge is 0.378 e. The lowest BCUT2D eigenvalue weighted by Gasteiger charge is -2.27. The van der Waals surface area contributed by atoms with E-state index in [1.54, 1.807) is 36.1 Å². The Morgan fingerprint density at radius 2 is 1.96 bits per heavy atom. The fourth-order valence-corrected chi connectivity index (χ4v) is 2.73. The highest BCUT2D eigenvalue weighted by Crippen LogP contribution is 2.21. The molecule has 1 aromatic heterocycles. The number of carbonyl (C=O) groups excluding carboxylic acids is 2. The first kappa shape index (κ1) is 17.0. The molecule has 7 nitrogen and oxygen atoms in total. The molecule has 0 unspecified atom stereocenters. The molecule has 0 saturated carbocycles. The Bertz CT molecular complexity index is 801. The molecule has 1 saturated heterocycles. The van der Waals surface area contributed by atoms with Gasteiger partial charge in [0.1, 0.15) is 0 Å². The summed E-state index contributed by atoms with van der Waals surface area (Å²) in [6, 6.07) is 7.00. The normalized spacial score (nSPS) is 14.2. The van der Waals surface area contributed by atoms with Gasteiger partial charge < -0.3 is 15.0 Å². The van der Waals surface area contributed by atoms with Crippen LogP contribution in [0.1, 0.15) is 32.0 Å². The Kier molecular flexibility index (Phi) is 5.04. The number of benzene rings is 1. The first-order chi connectivity index (χ1) is 12.1. The van der Waals surface area contributed by atoms with Crippen LogP contribution in [0.2, 0.25) is 0 Å². The monoisotopic (exact) mass is 340 g/mol. The second kappa shape index (κ2) is 7.40. The van der Waals surface area contributed by atoms with E-state index in [9.17, 15) is 9.59 Å². The highest BCUT2D eigenvalue weighted by Gasteiger charge is 2.21. The molecule has 2 heterocycles. The average molecular weight is 340 g/mol. The molecule has 3 rings (SSSR count). The second-order valence-corrected chi connectivity index (χ2v) is 5.92. The summed E-state index contributed by atoms with van der Waals surface area (Å²) in [6.07, 6.45) is 1.42. The minimum atomic E-state index is -0.280. The van der Waals surface area contributed by atoms with Gasteiger partial charge in [0.25, 0.3) is 11.8 Å². The number of hydrogen-bond acceptors (Lipinski definition) is 5. The van der Waals surface area contributed by atoms with Gasteiger partial charge in [-0.05, 0) is 37.6 Å². The summed E-state index contributed by atoms with van der Waals surface area (Å²) < 4.78 is 5.29. The molecule has 1 fully saturated rings. The van der Waals surface area contributed by atoms with Gasteiger partial charge in [-0.2, -0.15) is 10.2 Å². The van der Waals surface area contributed by atoms with Crippen LogP contribution in [-0.2, 0) is 4.74 Å². The minimum Gasteiger partial charge on any atom is -0.378 e. The number of anilines is 1. The molecule has 1 aromatic carbocycles. The van der Waals surface area contributed by atoms with Gasteiger partial charge in [-0.3, -0.25) is 9.59 Å². The minimum absolute atomic E-state index is 0.0432. The summed E-state index contributed by atoms with van der Waals surface area (Å²) in [5, 5.41) is 10.5. The van der Waals surface area contributed by atoms with Crippen LogP contribution in [-0.4, -0.2) is 53.2 Å². The Morgan fingerprint density at radius 1 is 1.20 bits per heavy atom. The predicted octanol–water partition coefficient (Wildman–Crippen LogP) is 1.82. The summed E-state index contributed by atoms with van der Waals surface area (Å²) in [6.45, 7) is 5.87. The summed E-state index contributed by atoms with van der Waals surface area (Å²) in [5.41, 5.74) is 3.03. The zero-order valence-corrected chi connectivity index (χ0v) is 14.3. The fraction of sp³-hybridized carbons (Fsp3) is 0.333. The third kappa shape index (κ3) is 3.83. The number of ether oxygens (including phenoxy) is 1. The highest BCUT2D eigenvalue weighted by atomic mass is 16.5. The zero-order chi connectivity index (χ0) is 17.8. The number of nitrogens with one attached hydrogen (secondary N) is 1. The Labute approximate surface area is 146 Å².